The number of rotatable bonds is 5. The lowest BCUT2D eigenvalue weighted by Gasteiger charge is -2.17. The van der Waals surface area contributed by atoms with E-state index in [9.17, 15) is 0 Å². The topological polar surface area (TPSA) is 0 Å². The molecule has 0 nitrogen and oxygen atoms in total. The van der Waals surface area contributed by atoms with Crippen LogP contribution in [0.1, 0.15) is 82.1 Å². The first-order chi connectivity index (χ1) is 8.82. The van der Waals surface area contributed by atoms with Crippen molar-refractivity contribution in [3.05, 3.63) is 40.5 Å². The first-order valence-electron chi connectivity index (χ1n) is 7.63. The van der Waals surface area contributed by atoms with E-state index in [0.717, 1.165) is 12.3 Å². The van der Waals surface area contributed by atoms with Gasteiger partial charge in [-0.05, 0) is 53.4 Å². The third kappa shape index (κ3) is 4.53. The average molecular weight is 258 g/mol. The van der Waals surface area contributed by atoms with Gasteiger partial charge >= 0.3 is 0 Å². The van der Waals surface area contributed by atoms with Gasteiger partial charge in [0.1, 0.15) is 0 Å². The SMILES string of the molecule is Cc1cc(C(C)C)cc(C(C)C)c1/C=C\CC(C)C. The third-order valence-corrected chi connectivity index (χ3v) is 3.62. The van der Waals surface area contributed by atoms with Crippen molar-refractivity contribution in [1.29, 1.82) is 0 Å². The Morgan fingerprint density at radius 2 is 1.58 bits per heavy atom. The molecule has 0 heterocycles. The highest BCUT2D eigenvalue weighted by molar-refractivity contribution is 5.60. The van der Waals surface area contributed by atoms with Crippen LogP contribution < -0.4 is 0 Å². The molecule has 0 aliphatic heterocycles. The fourth-order valence-corrected chi connectivity index (χ4v) is 2.35. The van der Waals surface area contributed by atoms with E-state index in [-0.39, 0.29) is 0 Å². The van der Waals surface area contributed by atoms with Gasteiger partial charge < -0.3 is 0 Å². The monoisotopic (exact) mass is 258 g/mol. The van der Waals surface area contributed by atoms with Crippen LogP contribution in [0.25, 0.3) is 6.08 Å². The zero-order chi connectivity index (χ0) is 14.6. The van der Waals surface area contributed by atoms with Crippen LogP contribution in [-0.4, -0.2) is 0 Å². The lowest BCUT2D eigenvalue weighted by Crippen LogP contribution is -1.99. The summed E-state index contributed by atoms with van der Waals surface area (Å²) >= 11 is 0. The van der Waals surface area contributed by atoms with E-state index in [2.05, 4.69) is 72.8 Å². The number of allylic oxidation sites excluding steroid dienone is 1. The van der Waals surface area contributed by atoms with Crippen molar-refractivity contribution in [1.82, 2.24) is 0 Å². The molecule has 1 aromatic rings. The van der Waals surface area contributed by atoms with E-state index >= 15 is 0 Å². The molecule has 0 amide bonds. The molecule has 0 unspecified atom stereocenters. The third-order valence-electron chi connectivity index (χ3n) is 3.62. The van der Waals surface area contributed by atoms with Crippen molar-refractivity contribution < 1.29 is 0 Å². The predicted octanol–water partition coefficient (Wildman–Crippen LogP) is 6.30. The van der Waals surface area contributed by atoms with Crippen molar-refractivity contribution in [3.63, 3.8) is 0 Å². The van der Waals surface area contributed by atoms with Crippen LogP contribution in [0.2, 0.25) is 0 Å². The minimum Gasteiger partial charge on any atom is -0.0837 e. The molecule has 0 heteroatoms. The van der Waals surface area contributed by atoms with E-state index in [1.165, 1.54) is 22.3 Å². The standard InChI is InChI=1S/C19H30/c1-13(2)9-8-10-18-16(7)11-17(14(3)4)12-19(18)15(5)6/h8,10-15H,9H2,1-7H3/b10-8-. The quantitative estimate of drug-likeness (QED) is 0.581. The molecule has 106 valence electrons. The Morgan fingerprint density at radius 3 is 2.05 bits per heavy atom. The molecule has 1 rings (SSSR count). The van der Waals surface area contributed by atoms with E-state index in [1.807, 2.05) is 0 Å². The van der Waals surface area contributed by atoms with Crippen LogP contribution in [0.3, 0.4) is 0 Å². The Morgan fingerprint density at radius 1 is 0.947 bits per heavy atom. The summed E-state index contributed by atoms with van der Waals surface area (Å²) in [5, 5.41) is 0. The Hall–Kier alpha value is -1.04. The molecule has 0 aromatic heterocycles. The van der Waals surface area contributed by atoms with Gasteiger partial charge in [0.15, 0.2) is 0 Å². The Balaban J connectivity index is 3.18. The average Bonchev–Trinajstić information content (AvgIpc) is 2.29. The molecule has 0 saturated heterocycles. The van der Waals surface area contributed by atoms with Crippen LogP contribution in [-0.2, 0) is 0 Å². The lowest BCUT2D eigenvalue weighted by atomic mass is 9.88. The van der Waals surface area contributed by atoms with Crippen LogP contribution in [0, 0.1) is 12.8 Å². The van der Waals surface area contributed by atoms with E-state index in [1.54, 1.807) is 0 Å². The number of aryl methyl sites for hydroxylation is 1. The molecule has 19 heavy (non-hydrogen) atoms. The number of hydrogen-bond donors (Lipinski definition) is 0. The highest BCUT2D eigenvalue weighted by atomic mass is 14.2. The van der Waals surface area contributed by atoms with Crippen molar-refractivity contribution in [3.8, 4) is 0 Å². The summed E-state index contributed by atoms with van der Waals surface area (Å²) in [4.78, 5) is 0. The van der Waals surface area contributed by atoms with Gasteiger partial charge in [-0.2, -0.15) is 0 Å². The molecule has 0 radical (unpaired) electrons. The van der Waals surface area contributed by atoms with Crippen molar-refractivity contribution in [2.75, 3.05) is 0 Å². The summed E-state index contributed by atoms with van der Waals surface area (Å²) in [5.74, 6) is 1.91. The second kappa shape index (κ2) is 6.93. The smallest absolute Gasteiger partial charge is 0.0196 e. The second-order valence-electron chi connectivity index (χ2n) is 6.68. The number of benzene rings is 1. The predicted molar refractivity (Wildman–Crippen MR) is 87.8 cm³/mol. The Labute approximate surface area is 119 Å². The molecule has 0 N–H and O–H groups in total. The van der Waals surface area contributed by atoms with Gasteiger partial charge in [-0.3, -0.25) is 0 Å². The normalized spacial score (nSPS) is 12.3. The summed E-state index contributed by atoms with van der Waals surface area (Å²) < 4.78 is 0. The van der Waals surface area contributed by atoms with Gasteiger partial charge in [0.2, 0.25) is 0 Å². The number of hydrogen-bond acceptors (Lipinski definition) is 0. The fraction of sp³-hybridized carbons (Fsp3) is 0.579. The molecule has 1 aromatic carbocycles. The van der Waals surface area contributed by atoms with Gasteiger partial charge in [-0.25, -0.2) is 0 Å². The maximum atomic E-state index is 2.40. The fourth-order valence-electron chi connectivity index (χ4n) is 2.35. The van der Waals surface area contributed by atoms with Crippen LogP contribution in [0.5, 0.6) is 0 Å². The molecule has 0 fully saturated rings. The van der Waals surface area contributed by atoms with Gasteiger partial charge in [0.25, 0.3) is 0 Å². The molecular formula is C19H30. The van der Waals surface area contributed by atoms with Gasteiger partial charge in [-0.1, -0.05) is 65.8 Å². The molecular weight excluding hydrogens is 228 g/mol. The summed E-state index contributed by atoms with van der Waals surface area (Å²) in [6.07, 6.45) is 5.81. The van der Waals surface area contributed by atoms with Crippen LogP contribution >= 0.6 is 0 Å². The van der Waals surface area contributed by atoms with Crippen LogP contribution in [0.4, 0.5) is 0 Å². The van der Waals surface area contributed by atoms with E-state index in [4.69, 9.17) is 0 Å². The van der Waals surface area contributed by atoms with E-state index < -0.39 is 0 Å². The molecule has 0 saturated carbocycles. The first-order valence-corrected chi connectivity index (χ1v) is 7.63. The zero-order valence-corrected chi connectivity index (χ0v) is 13.7. The summed E-state index contributed by atoms with van der Waals surface area (Å²) in [6.45, 7) is 15.9. The Bertz CT molecular complexity index is 434. The second-order valence-corrected chi connectivity index (χ2v) is 6.68. The molecule has 0 bridgehead atoms. The van der Waals surface area contributed by atoms with Crippen molar-refractivity contribution in [2.45, 2.75) is 66.7 Å². The largest absolute Gasteiger partial charge is 0.0837 e. The lowest BCUT2D eigenvalue weighted by molar-refractivity contribution is 0.665. The first kappa shape index (κ1) is 16.0. The highest BCUT2D eigenvalue weighted by Crippen LogP contribution is 2.29. The summed E-state index contributed by atoms with van der Waals surface area (Å²) in [6, 6.07) is 4.75. The van der Waals surface area contributed by atoms with Crippen molar-refractivity contribution in [2.24, 2.45) is 5.92 Å². The van der Waals surface area contributed by atoms with Gasteiger partial charge in [-0.15, -0.1) is 0 Å². The molecule has 0 spiro atoms. The maximum Gasteiger partial charge on any atom is -0.0196 e. The Kier molecular flexibility index (Phi) is 5.85. The summed E-state index contributed by atoms with van der Waals surface area (Å²) in [5.41, 5.74) is 5.79. The minimum atomic E-state index is 0.580. The minimum absolute atomic E-state index is 0.580. The van der Waals surface area contributed by atoms with Crippen LogP contribution in [0.15, 0.2) is 18.2 Å². The zero-order valence-electron chi connectivity index (χ0n) is 13.7. The molecule has 0 atom stereocenters. The van der Waals surface area contributed by atoms with Gasteiger partial charge in [0, 0.05) is 0 Å². The molecule has 0 aliphatic rings. The highest BCUT2D eigenvalue weighted by Gasteiger charge is 2.11. The van der Waals surface area contributed by atoms with Gasteiger partial charge in [0.05, 0.1) is 0 Å². The molecule has 0 aliphatic carbocycles. The van der Waals surface area contributed by atoms with E-state index in [0.29, 0.717) is 11.8 Å². The maximum absolute atomic E-state index is 2.40. The van der Waals surface area contributed by atoms with Crippen molar-refractivity contribution >= 4 is 6.08 Å². The summed E-state index contributed by atoms with van der Waals surface area (Å²) in [7, 11) is 0.